The van der Waals surface area contributed by atoms with Crippen molar-refractivity contribution in [3.8, 4) is 5.69 Å². The number of anilines is 2. The molecule has 2 amide bonds. The van der Waals surface area contributed by atoms with E-state index in [1.807, 2.05) is 28.8 Å². The lowest BCUT2D eigenvalue weighted by Crippen LogP contribution is -2.13. The van der Waals surface area contributed by atoms with Crippen LogP contribution in [0.25, 0.3) is 5.69 Å². The van der Waals surface area contributed by atoms with Crippen LogP contribution in [-0.2, 0) is 0 Å². The predicted molar refractivity (Wildman–Crippen MR) is 115 cm³/mol. The molecule has 2 aromatic heterocycles. The van der Waals surface area contributed by atoms with Crippen LogP contribution in [0.3, 0.4) is 0 Å². The van der Waals surface area contributed by atoms with Gasteiger partial charge in [-0.05, 0) is 48.9 Å². The lowest BCUT2D eigenvalue weighted by molar-refractivity contribution is 0.101. The molecule has 8 heteroatoms. The molecule has 150 valence electrons. The van der Waals surface area contributed by atoms with E-state index in [4.69, 9.17) is 0 Å². The topological polar surface area (TPSA) is 76.0 Å². The van der Waals surface area contributed by atoms with Crippen molar-refractivity contribution in [1.29, 1.82) is 0 Å². The molecule has 0 unspecified atom stereocenters. The van der Waals surface area contributed by atoms with E-state index in [9.17, 15) is 14.0 Å². The standard InChI is InChI=1S/C22H17FN4O2S/c1-14-11-19(26-21(28)15-5-4-6-16(23)12-15)30-20(14)22(29)25-17-7-2-3-8-18(17)27-10-9-24-13-27/h2-13H,1H3,(H,25,29)(H,26,28). The molecule has 0 bridgehead atoms. The van der Waals surface area contributed by atoms with Gasteiger partial charge >= 0.3 is 0 Å². The van der Waals surface area contributed by atoms with Gasteiger partial charge in [0.2, 0.25) is 0 Å². The molecule has 2 aromatic carbocycles. The summed E-state index contributed by atoms with van der Waals surface area (Å²) in [6.07, 6.45) is 5.11. The molecule has 6 nitrogen and oxygen atoms in total. The second-order valence-corrected chi connectivity index (χ2v) is 7.58. The molecule has 0 spiro atoms. The smallest absolute Gasteiger partial charge is 0.266 e. The van der Waals surface area contributed by atoms with Crippen molar-refractivity contribution in [2.24, 2.45) is 0 Å². The molecule has 4 aromatic rings. The number of hydrogen-bond donors (Lipinski definition) is 2. The van der Waals surface area contributed by atoms with Crippen LogP contribution >= 0.6 is 11.3 Å². The fourth-order valence-corrected chi connectivity index (χ4v) is 3.93. The summed E-state index contributed by atoms with van der Waals surface area (Å²) in [6.45, 7) is 1.80. The van der Waals surface area contributed by atoms with Gasteiger partial charge in [0, 0.05) is 18.0 Å². The zero-order valence-electron chi connectivity index (χ0n) is 15.9. The summed E-state index contributed by atoms with van der Waals surface area (Å²) in [5.74, 6) is -1.20. The van der Waals surface area contributed by atoms with Gasteiger partial charge < -0.3 is 15.2 Å². The van der Waals surface area contributed by atoms with Gasteiger partial charge in [0.1, 0.15) is 5.82 Å². The van der Waals surface area contributed by atoms with E-state index in [0.29, 0.717) is 15.6 Å². The Balaban J connectivity index is 1.53. The molecule has 0 radical (unpaired) electrons. The SMILES string of the molecule is Cc1cc(NC(=O)c2cccc(F)c2)sc1C(=O)Nc1ccccc1-n1ccnc1. The third kappa shape index (κ3) is 4.13. The largest absolute Gasteiger partial charge is 0.319 e. The number of aryl methyl sites for hydroxylation is 1. The van der Waals surface area contributed by atoms with E-state index in [0.717, 1.165) is 28.7 Å². The first-order valence-corrected chi connectivity index (χ1v) is 9.89. The van der Waals surface area contributed by atoms with Crippen molar-refractivity contribution >= 4 is 33.8 Å². The summed E-state index contributed by atoms with van der Waals surface area (Å²) in [4.78, 5) is 29.7. The van der Waals surface area contributed by atoms with E-state index < -0.39 is 11.7 Å². The minimum absolute atomic E-state index is 0.210. The molecular weight excluding hydrogens is 403 g/mol. The number of thiophene rings is 1. The van der Waals surface area contributed by atoms with Crippen LogP contribution in [0, 0.1) is 12.7 Å². The molecule has 2 N–H and O–H groups in total. The quantitative estimate of drug-likeness (QED) is 0.483. The van der Waals surface area contributed by atoms with E-state index in [1.54, 1.807) is 31.7 Å². The minimum atomic E-state index is -0.485. The number of nitrogens with one attached hydrogen (secondary N) is 2. The molecule has 0 aliphatic heterocycles. The summed E-state index contributed by atoms with van der Waals surface area (Å²) < 4.78 is 15.2. The van der Waals surface area contributed by atoms with Crippen molar-refractivity contribution in [1.82, 2.24) is 9.55 Å². The number of hydrogen-bond acceptors (Lipinski definition) is 4. The van der Waals surface area contributed by atoms with E-state index in [2.05, 4.69) is 15.6 Å². The Kier molecular flexibility index (Phi) is 5.40. The maximum absolute atomic E-state index is 13.3. The molecule has 2 heterocycles. The van der Waals surface area contributed by atoms with Crippen LogP contribution in [0.1, 0.15) is 25.6 Å². The summed E-state index contributed by atoms with van der Waals surface area (Å²) >= 11 is 1.16. The Bertz CT molecular complexity index is 1220. The number of rotatable bonds is 5. The highest BCUT2D eigenvalue weighted by molar-refractivity contribution is 7.18. The number of imidazole rings is 1. The Hall–Kier alpha value is -3.78. The maximum Gasteiger partial charge on any atom is 0.266 e. The molecule has 0 saturated carbocycles. The third-order valence-corrected chi connectivity index (χ3v) is 5.53. The molecule has 0 aliphatic carbocycles. The number of para-hydroxylation sites is 2. The van der Waals surface area contributed by atoms with Crippen LogP contribution in [-0.4, -0.2) is 21.4 Å². The second-order valence-electron chi connectivity index (χ2n) is 6.53. The van der Waals surface area contributed by atoms with Crippen molar-refractivity contribution in [2.75, 3.05) is 10.6 Å². The van der Waals surface area contributed by atoms with Crippen LogP contribution < -0.4 is 10.6 Å². The van der Waals surface area contributed by atoms with E-state index in [-0.39, 0.29) is 11.5 Å². The van der Waals surface area contributed by atoms with Crippen LogP contribution in [0.15, 0.2) is 73.3 Å². The highest BCUT2D eigenvalue weighted by Gasteiger charge is 2.17. The predicted octanol–water partition coefficient (Wildman–Crippen LogP) is 4.89. The van der Waals surface area contributed by atoms with Gasteiger partial charge in [-0.3, -0.25) is 9.59 Å². The normalized spacial score (nSPS) is 10.6. The second kappa shape index (κ2) is 8.30. The van der Waals surface area contributed by atoms with Gasteiger partial charge in [-0.25, -0.2) is 9.37 Å². The number of benzene rings is 2. The highest BCUT2D eigenvalue weighted by Crippen LogP contribution is 2.29. The van der Waals surface area contributed by atoms with Gasteiger partial charge in [0.05, 0.1) is 27.6 Å². The number of carbonyl (C=O) groups excluding carboxylic acids is 2. The number of halogens is 1. The summed E-state index contributed by atoms with van der Waals surface area (Å²) in [5, 5.41) is 6.15. The van der Waals surface area contributed by atoms with Gasteiger partial charge in [0.15, 0.2) is 0 Å². The molecule has 0 saturated heterocycles. The zero-order valence-corrected chi connectivity index (χ0v) is 16.7. The first-order valence-electron chi connectivity index (χ1n) is 9.07. The molecule has 0 aliphatic rings. The number of amides is 2. The van der Waals surface area contributed by atoms with Gasteiger partial charge in [-0.1, -0.05) is 18.2 Å². The molecule has 4 rings (SSSR count). The van der Waals surface area contributed by atoms with Crippen molar-refractivity contribution < 1.29 is 14.0 Å². The molecule has 0 fully saturated rings. The number of nitrogens with zero attached hydrogens (tertiary/aromatic N) is 2. The van der Waals surface area contributed by atoms with Crippen LogP contribution in [0.5, 0.6) is 0 Å². The Labute approximate surface area is 176 Å². The lowest BCUT2D eigenvalue weighted by Gasteiger charge is -2.11. The Morgan fingerprint density at radius 3 is 2.63 bits per heavy atom. The lowest BCUT2D eigenvalue weighted by atomic mass is 10.2. The summed E-state index contributed by atoms with van der Waals surface area (Å²) in [7, 11) is 0. The summed E-state index contributed by atoms with van der Waals surface area (Å²) in [5.41, 5.74) is 2.37. The summed E-state index contributed by atoms with van der Waals surface area (Å²) in [6, 6.07) is 14.6. The van der Waals surface area contributed by atoms with Gasteiger partial charge in [-0.2, -0.15) is 0 Å². The average molecular weight is 420 g/mol. The molecule has 0 atom stereocenters. The zero-order chi connectivity index (χ0) is 21.1. The van der Waals surface area contributed by atoms with Crippen molar-refractivity contribution in [2.45, 2.75) is 6.92 Å². The van der Waals surface area contributed by atoms with Crippen molar-refractivity contribution in [3.63, 3.8) is 0 Å². The number of carbonyl (C=O) groups is 2. The van der Waals surface area contributed by atoms with Gasteiger partial charge in [0.25, 0.3) is 11.8 Å². The minimum Gasteiger partial charge on any atom is -0.319 e. The van der Waals surface area contributed by atoms with Gasteiger partial charge in [-0.15, -0.1) is 11.3 Å². The Morgan fingerprint density at radius 2 is 1.87 bits per heavy atom. The maximum atomic E-state index is 13.3. The van der Waals surface area contributed by atoms with E-state index in [1.165, 1.54) is 18.2 Å². The first-order chi connectivity index (χ1) is 14.5. The number of aromatic nitrogens is 2. The monoisotopic (exact) mass is 420 g/mol. The Morgan fingerprint density at radius 1 is 1.03 bits per heavy atom. The average Bonchev–Trinajstić information content (AvgIpc) is 3.38. The third-order valence-electron chi connectivity index (χ3n) is 4.38. The van der Waals surface area contributed by atoms with Crippen LogP contribution in [0.2, 0.25) is 0 Å². The molecular formula is C22H17FN4O2S. The fourth-order valence-electron chi connectivity index (χ4n) is 2.97. The first kappa shape index (κ1) is 19.5. The van der Waals surface area contributed by atoms with Crippen LogP contribution in [0.4, 0.5) is 15.1 Å². The molecule has 30 heavy (non-hydrogen) atoms. The van der Waals surface area contributed by atoms with E-state index >= 15 is 0 Å². The van der Waals surface area contributed by atoms with Crippen molar-refractivity contribution in [3.05, 3.63) is 95.1 Å². The fraction of sp³-hybridized carbons (Fsp3) is 0.0455. The highest BCUT2D eigenvalue weighted by atomic mass is 32.1.